The smallest absolute Gasteiger partial charge is 0.218 e. The highest BCUT2D eigenvalue weighted by molar-refractivity contribution is 5.81. The van der Waals surface area contributed by atoms with Crippen LogP contribution >= 0.6 is 0 Å². The second-order valence-corrected chi connectivity index (χ2v) is 7.34. The van der Waals surface area contributed by atoms with Gasteiger partial charge < -0.3 is 14.2 Å². The summed E-state index contributed by atoms with van der Waals surface area (Å²) in [5.74, 6) is 1.43. The zero-order valence-corrected chi connectivity index (χ0v) is 17.0. The van der Waals surface area contributed by atoms with Crippen molar-refractivity contribution in [3.05, 3.63) is 59.9 Å². The minimum atomic E-state index is 0.266. The van der Waals surface area contributed by atoms with Crippen molar-refractivity contribution in [2.45, 2.75) is 32.0 Å². The lowest BCUT2D eigenvalue weighted by Gasteiger charge is -2.25. The molecule has 1 atom stereocenters. The van der Waals surface area contributed by atoms with E-state index in [-0.39, 0.29) is 6.10 Å². The number of fused-ring (bicyclic) bond motifs is 1. The van der Waals surface area contributed by atoms with E-state index in [2.05, 4.69) is 22.0 Å². The Morgan fingerprint density at radius 1 is 1.10 bits per heavy atom. The Bertz CT molecular complexity index is 943. The highest BCUT2D eigenvalue weighted by atomic mass is 16.5. The van der Waals surface area contributed by atoms with E-state index in [1.54, 1.807) is 14.2 Å². The van der Waals surface area contributed by atoms with E-state index in [9.17, 15) is 0 Å². The van der Waals surface area contributed by atoms with E-state index < -0.39 is 0 Å². The third-order valence-electron chi connectivity index (χ3n) is 5.25. The Hall–Kier alpha value is -2.70. The van der Waals surface area contributed by atoms with E-state index in [1.807, 2.05) is 36.5 Å². The van der Waals surface area contributed by atoms with E-state index in [0.29, 0.717) is 12.4 Å². The molecule has 29 heavy (non-hydrogen) atoms. The Kier molecular flexibility index (Phi) is 6.22. The third kappa shape index (κ3) is 4.83. The molecule has 1 fully saturated rings. The normalized spacial score (nSPS) is 16.4. The van der Waals surface area contributed by atoms with E-state index in [4.69, 9.17) is 19.2 Å². The first-order chi connectivity index (χ1) is 14.2. The van der Waals surface area contributed by atoms with Crippen LogP contribution in [0, 0.1) is 0 Å². The van der Waals surface area contributed by atoms with Crippen molar-refractivity contribution in [1.29, 1.82) is 0 Å². The molecule has 0 N–H and O–H groups in total. The van der Waals surface area contributed by atoms with Crippen LogP contribution in [-0.2, 0) is 17.8 Å². The summed E-state index contributed by atoms with van der Waals surface area (Å²) in [5, 5.41) is 1.07. The van der Waals surface area contributed by atoms with Crippen molar-refractivity contribution in [3.8, 4) is 11.6 Å². The van der Waals surface area contributed by atoms with Gasteiger partial charge in [0.1, 0.15) is 5.75 Å². The Labute approximate surface area is 171 Å². The zero-order valence-electron chi connectivity index (χ0n) is 17.0. The number of hydrogen-bond acceptors (Lipinski definition) is 6. The molecule has 3 aromatic rings. The molecule has 1 unspecified atom stereocenters. The first-order valence-corrected chi connectivity index (χ1v) is 10.0. The van der Waals surface area contributed by atoms with E-state index >= 15 is 0 Å². The number of aromatic nitrogens is 2. The summed E-state index contributed by atoms with van der Waals surface area (Å²) in [5.41, 5.74) is 2.96. The molecule has 0 spiro atoms. The van der Waals surface area contributed by atoms with Crippen LogP contribution in [-0.4, -0.2) is 48.3 Å². The molecule has 2 aromatic heterocycles. The summed E-state index contributed by atoms with van der Waals surface area (Å²) in [6, 6.07) is 14.1. The standard InChI is InChI=1S/C23H27N3O3/c1-27-20-9-8-17-12-18(23(28-2)25-22(17)13-20)14-26(16-21-7-5-11-29-21)15-19-6-3-4-10-24-19/h3-4,6,8-10,12-13,21H,5,7,11,14-16H2,1-2H3. The molecule has 0 amide bonds. The topological polar surface area (TPSA) is 56.7 Å². The lowest BCUT2D eigenvalue weighted by atomic mass is 10.1. The number of methoxy groups -OCH3 is 2. The molecule has 0 aliphatic carbocycles. The molecule has 0 bridgehead atoms. The maximum absolute atomic E-state index is 5.89. The Balaban J connectivity index is 1.61. The molecule has 1 saturated heterocycles. The predicted octanol–water partition coefficient (Wildman–Crippen LogP) is 3.83. The second kappa shape index (κ2) is 9.20. The van der Waals surface area contributed by atoms with E-state index in [1.165, 1.54) is 0 Å². The Morgan fingerprint density at radius 3 is 2.76 bits per heavy atom. The number of pyridine rings is 2. The molecule has 6 nitrogen and oxygen atoms in total. The minimum Gasteiger partial charge on any atom is -0.497 e. The Morgan fingerprint density at radius 2 is 2.03 bits per heavy atom. The molecule has 6 heteroatoms. The monoisotopic (exact) mass is 393 g/mol. The molecule has 0 saturated carbocycles. The van der Waals surface area contributed by atoms with Gasteiger partial charge in [-0.1, -0.05) is 6.07 Å². The van der Waals surface area contributed by atoms with Crippen molar-refractivity contribution in [2.24, 2.45) is 0 Å². The third-order valence-corrected chi connectivity index (χ3v) is 5.25. The fourth-order valence-electron chi connectivity index (χ4n) is 3.81. The summed E-state index contributed by atoms with van der Waals surface area (Å²) in [6.45, 7) is 3.18. The number of rotatable bonds is 8. The average Bonchev–Trinajstić information content (AvgIpc) is 3.26. The van der Waals surface area contributed by atoms with Gasteiger partial charge >= 0.3 is 0 Å². The summed E-state index contributed by atoms with van der Waals surface area (Å²) in [6.07, 6.45) is 4.34. The van der Waals surface area contributed by atoms with Gasteiger partial charge in [-0.2, -0.15) is 0 Å². The van der Waals surface area contributed by atoms with Crippen molar-refractivity contribution >= 4 is 10.9 Å². The summed E-state index contributed by atoms with van der Waals surface area (Å²) in [4.78, 5) is 11.6. The minimum absolute atomic E-state index is 0.266. The maximum atomic E-state index is 5.89. The van der Waals surface area contributed by atoms with Crippen LogP contribution in [0.25, 0.3) is 10.9 Å². The van der Waals surface area contributed by atoms with Gasteiger partial charge in [0.2, 0.25) is 5.88 Å². The van der Waals surface area contributed by atoms with Crippen molar-refractivity contribution in [2.75, 3.05) is 27.4 Å². The maximum Gasteiger partial charge on any atom is 0.218 e. The highest BCUT2D eigenvalue weighted by Gasteiger charge is 2.21. The van der Waals surface area contributed by atoms with Crippen LogP contribution in [0.15, 0.2) is 48.7 Å². The van der Waals surface area contributed by atoms with Crippen molar-refractivity contribution < 1.29 is 14.2 Å². The molecule has 1 aliphatic heterocycles. The quantitative estimate of drug-likeness (QED) is 0.580. The van der Waals surface area contributed by atoms with Gasteiger partial charge in [-0.25, -0.2) is 4.98 Å². The molecule has 0 radical (unpaired) electrons. The zero-order chi connectivity index (χ0) is 20.1. The van der Waals surface area contributed by atoms with Crippen molar-refractivity contribution in [1.82, 2.24) is 14.9 Å². The van der Waals surface area contributed by atoms with Crippen molar-refractivity contribution in [3.63, 3.8) is 0 Å². The molecule has 1 aliphatic rings. The fourth-order valence-corrected chi connectivity index (χ4v) is 3.81. The van der Waals surface area contributed by atoms with Gasteiger partial charge in [0.25, 0.3) is 0 Å². The molecule has 1 aromatic carbocycles. The lowest BCUT2D eigenvalue weighted by Crippen LogP contribution is -2.32. The SMILES string of the molecule is COc1ccc2cc(CN(Cc3ccccn3)CC3CCCO3)c(OC)nc2c1. The first-order valence-electron chi connectivity index (χ1n) is 10.0. The molecular weight excluding hydrogens is 366 g/mol. The highest BCUT2D eigenvalue weighted by Crippen LogP contribution is 2.27. The van der Waals surface area contributed by atoms with Gasteiger partial charge in [-0.3, -0.25) is 9.88 Å². The van der Waals surface area contributed by atoms with Gasteiger partial charge in [0.15, 0.2) is 0 Å². The van der Waals surface area contributed by atoms with Crippen LogP contribution in [0.1, 0.15) is 24.1 Å². The molecule has 3 heterocycles. The van der Waals surface area contributed by atoms with Crippen LogP contribution in [0.5, 0.6) is 11.6 Å². The summed E-state index contributed by atoms with van der Waals surface area (Å²) >= 11 is 0. The number of nitrogens with zero attached hydrogens (tertiary/aromatic N) is 3. The van der Waals surface area contributed by atoms with Gasteiger partial charge in [0.05, 0.1) is 31.5 Å². The lowest BCUT2D eigenvalue weighted by molar-refractivity contribution is 0.0671. The second-order valence-electron chi connectivity index (χ2n) is 7.34. The van der Waals surface area contributed by atoms with Gasteiger partial charge in [0, 0.05) is 49.5 Å². The molecule has 152 valence electrons. The summed E-state index contributed by atoms with van der Waals surface area (Å²) in [7, 11) is 3.33. The van der Waals surface area contributed by atoms with Gasteiger partial charge in [-0.05, 0) is 43.2 Å². The summed E-state index contributed by atoms with van der Waals surface area (Å²) < 4.78 is 16.8. The average molecular weight is 393 g/mol. The molecular formula is C23H27N3O3. The van der Waals surface area contributed by atoms with Crippen LogP contribution < -0.4 is 9.47 Å². The first kappa shape index (κ1) is 19.6. The predicted molar refractivity (Wildman–Crippen MR) is 112 cm³/mol. The van der Waals surface area contributed by atoms with E-state index in [0.717, 1.165) is 60.4 Å². The number of benzene rings is 1. The van der Waals surface area contributed by atoms with Crippen LogP contribution in [0.2, 0.25) is 0 Å². The number of hydrogen-bond donors (Lipinski definition) is 0. The largest absolute Gasteiger partial charge is 0.497 e. The molecule has 4 rings (SSSR count). The number of ether oxygens (including phenoxy) is 3. The van der Waals surface area contributed by atoms with Crippen LogP contribution in [0.3, 0.4) is 0 Å². The van der Waals surface area contributed by atoms with Crippen LogP contribution in [0.4, 0.5) is 0 Å². The fraction of sp³-hybridized carbons (Fsp3) is 0.391. The van der Waals surface area contributed by atoms with Gasteiger partial charge in [-0.15, -0.1) is 0 Å².